The van der Waals surface area contributed by atoms with Crippen LogP contribution in [0.15, 0.2) is 29.8 Å². The number of aromatic nitrogens is 1. The Bertz CT molecular complexity index is 605. The van der Waals surface area contributed by atoms with E-state index in [-0.39, 0.29) is 11.9 Å². The Balaban J connectivity index is 1.93. The number of para-hydroxylation sites is 1. The van der Waals surface area contributed by atoms with Gasteiger partial charge in [-0.05, 0) is 38.9 Å². The Kier molecular flexibility index (Phi) is 5.69. The number of amides is 1. The minimum atomic E-state index is -0.182. The number of nitrogens with one attached hydrogen (secondary N) is 1. The summed E-state index contributed by atoms with van der Waals surface area (Å²) in [6, 6.07) is 5.85. The van der Waals surface area contributed by atoms with Gasteiger partial charge >= 0.3 is 0 Å². The first-order valence-electron chi connectivity index (χ1n) is 7.44. The fraction of sp³-hybridized carbons (Fsp3) is 0.412. The third-order valence-electron chi connectivity index (χ3n) is 3.93. The van der Waals surface area contributed by atoms with Crippen molar-refractivity contribution in [2.24, 2.45) is 0 Å². The molecule has 0 spiro atoms. The maximum Gasteiger partial charge on any atom is 0.241 e. The zero-order chi connectivity index (χ0) is 16.1. The number of hydrogen-bond acceptors (Lipinski definition) is 4. The van der Waals surface area contributed by atoms with E-state index in [2.05, 4.69) is 15.2 Å². The van der Waals surface area contributed by atoms with Gasteiger partial charge in [-0.25, -0.2) is 4.98 Å². The molecule has 2 rings (SSSR count). The van der Waals surface area contributed by atoms with Crippen molar-refractivity contribution >= 4 is 22.9 Å². The van der Waals surface area contributed by atoms with Gasteiger partial charge in [-0.1, -0.05) is 18.2 Å². The van der Waals surface area contributed by atoms with Crippen LogP contribution < -0.4 is 5.32 Å². The highest BCUT2D eigenvalue weighted by molar-refractivity contribution is 7.09. The number of rotatable bonds is 6. The molecule has 5 heteroatoms. The molecule has 0 fully saturated rings. The van der Waals surface area contributed by atoms with Crippen molar-refractivity contribution < 1.29 is 4.79 Å². The molecule has 22 heavy (non-hydrogen) atoms. The Morgan fingerprint density at radius 3 is 2.64 bits per heavy atom. The molecule has 1 atom stereocenters. The van der Waals surface area contributed by atoms with E-state index in [1.54, 1.807) is 11.3 Å². The third-order valence-corrected chi connectivity index (χ3v) is 4.77. The van der Waals surface area contributed by atoms with Crippen molar-refractivity contribution in [3.8, 4) is 0 Å². The molecule has 2 aromatic rings. The fourth-order valence-electron chi connectivity index (χ4n) is 2.28. The molecule has 0 saturated heterocycles. The van der Waals surface area contributed by atoms with Crippen LogP contribution in [0.4, 0.5) is 5.69 Å². The summed E-state index contributed by atoms with van der Waals surface area (Å²) in [5.41, 5.74) is 3.10. The number of aryl methyl sites for hydroxylation is 2. The van der Waals surface area contributed by atoms with Gasteiger partial charge in [-0.15, -0.1) is 11.3 Å². The summed E-state index contributed by atoms with van der Waals surface area (Å²) >= 11 is 1.65. The number of thiazole rings is 1. The zero-order valence-electron chi connectivity index (χ0n) is 13.6. The highest BCUT2D eigenvalue weighted by atomic mass is 32.1. The van der Waals surface area contributed by atoms with Gasteiger partial charge in [0.2, 0.25) is 5.91 Å². The fourth-order valence-corrected chi connectivity index (χ4v) is 2.89. The van der Waals surface area contributed by atoms with E-state index in [0.717, 1.165) is 34.8 Å². The Labute approximate surface area is 136 Å². The molecule has 4 nitrogen and oxygen atoms in total. The minimum absolute atomic E-state index is 0.0269. The standard InChI is InChI=1S/C17H23N3OS/c1-12-6-5-7-13(2)16(12)19-17(21)14(3)20(4)10-8-15-18-9-11-22-15/h5-7,9,11,14H,8,10H2,1-4H3,(H,19,21). The second-order valence-corrected chi connectivity index (χ2v) is 6.57. The summed E-state index contributed by atoms with van der Waals surface area (Å²) in [4.78, 5) is 18.8. The van der Waals surface area contributed by atoms with Crippen LogP contribution in [0.5, 0.6) is 0 Å². The smallest absolute Gasteiger partial charge is 0.241 e. The van der Waals surface area contributed by atoms with Crippen LogP contribution in [-0.4, -0.2) is 35.4 Å². The van der Waals surface area contributed by atoms with E-state index in [1.165, 1.54) is 0 Å². The molecule has 1 heterocycles. The lowest BCUT2D eigenvalue weighted by Gasteiger charge is -2.24. The molecule has 1 aromatic heterocycles. The van der Waals surface area contributed by atoms with Gasteiger partial charge in [0.15, 0.2) is 0 Å². The quantitative estimate of drug-likeness (QED) is 0.889. The van der Waals surface area contributed by atoms with Gasteiger partial charge in [0.1, 0.15) is 0 Å². The second kappa shape index (κ2) is 7.51. The maximum atomic E-state index is 12.5. The Morgan fingerprint density at radius 1 is 1.36 bits per heavy atom. The van der Waals surface area contributed by atoms with Crippen molar-refractivity contribution in [2.45, 2.75) is 33.2 Å². The molecule has 1 unspecified atom stereocenters. The monoisotopic (exact) mass is 317 g/mol. The minimum Gasteiger partial charge on any atom is -0.324 e. The molecule has 1 aromatic carbocycles. The van der Waals surface area contributed by atoms with Gasteiger partial charge in [-0.3, -0.25) is 9.69 Å². The van der Waals surface area contributed by atoms with Gasteiger partial charge < -0.3 is 5.32 Å². The number of anilines is 1. The maximum absolute atomic E-state index is 12.5. The first-order valence-corrected chi connectivity index (χ1v) is 8.32. The van der Waals surface area contributed by atoms with Crippen LogP contribution in [0.25, 0.3) is 0 Å². The lowest BCUT2D eigenvalue weighted by atomic mass is 10.1. The molecule has 0 radical (unpaired) electrons. The van der Waals surface area contributed by atoms with E-state index in [4.69, 9.17) is 0 Å². The van der Waals surface area contributed by atoms with Crippen molar-refractivity contribution in [3.05, 3.63) is 45.9 Å². The van der Waals surface area contributed by atoms with Crippen LogP contribution in [0.1, 0.15) is 23.1 Å². The lowest BCUT2D eigenvalue weighted by molar-refractivity contribution is -0.120. The largest absolute Gasteiger partial charge is 0.324 e. The van der Waals surface area contributed by atoms with Gasteiger partial charge in [0, 0.05) is 30.2 Å². The van der Waals surface area contributed by atoms with Crippen molar-refractivity contribution in [2.75, 3.05) is 18.9 Å². The SMILES string of the molecule is Cc1cccc(C)c1NC(=O)C(C)N(C)CCc1nccs1. The van der Waals surface area contributed by atoms with E-state index in [1.807, 2.05) is 57.6 Å². The average Bonchev–Trinajstić information content (AvgIpc) is 3.01. The highest BCUT2D eigenvalue weighted by Crippen LogP contribution is 2.20. The third kappa shape index (κ3) is 4.15. The van der Waals surface area contributed by atoms with E-state index in [9.17, 15) is 4.79 Å². The molecule has 0 aliphatic heterocycles. The molecule has 118 valence electrons. The molecule has 1 N–H and O–H groups in total. The molecule has 0 aliphatic carbocycles. The average molecular weight is 317 g/mol. The Morgan fingerprint density at radius 2 is 2.05 bits per heavy atom. The van der Waals surface area contributed by atoms with E-state index in [0.29, 0.717) is 0 Å². The number of carbonyl (C=O) groups is 1. The van der Waals surface area contributed by atoms with Gasteiger partial charge in [0.05, 0.1) is 11.0 Å². The van der Waals surface area contributed by atoms with E-state index < -0.39 is 0 Å². The van der Waals surface area contributed by atoms with Gasteiger partial charge in [-0.2, -0.15) is 0 Å². The predicted molar refractivity (Wildman–Crippen MR) is 92.5 cm³/mol. The molecule has 0 saturated carbocycles. The Hall–Kier alpha value is -1.72. The van der Waals surface area contributed by atoms with Crippen LogP contribution >= 0.6 is 11.3 Å². The number of hydrogen-bond donors (Lipinski definition) is 1. The lowest BCUT2D eigenvalue weighted by Crippen LogP contribution is -2.40. The molecule has 0 aliphatic rings. The summed E-state index contributed by atoms with van der Waals surface area (Å²) in [5, 5.41) is 6.14. The van der Waals surface area contributed by atoms with Crippen LogP contribution in [0.3, 0.4) is 0 Å². The normalized spacial score (nSPS) is 12.4. The van der Waals surface area contributed by atoms with Crippen LogP contribution in [0.2, 0.25) is 0 Å². The second-order valence-electron chi connectivity index (χ2n) is 5.59. The summed E-state index contributed by atoms with van der Waals surface area (Å²) in [6.07, 6.45) is 2.69. The first kappa shape index (κ1) is 16.6. The zero-order valence-corrected chi connectivity index (χ0v) is 14.4. The summed E-state index contributed by atoms with van der Waals surface area (Å²) < 4.78 is 0. The number of carbonyl (C=O) groups excluding carboxylic acids is 1. The predicted octanol–water partition coefficient (Wildman–Crippen LogP) is 3.26. The molecular weight excluding hydrogens is 294 g/mol. The van der Waals surface area contributed by atoms with Crippen molar-refractivity contribution in [1.82, 2.24) is 9.88 Å². The van der Waals surface area contributed by atoms with Crippen molar-refractivity contribution in [3.63, 3.8) is 0 Å². The number of benzene rings is 1. The highest BCUT2D eigenvalue weighted by Gasteiger charge is 2.19. The topological polar surface area (TPSA) is 45.2 Å². The summed E-state index contributed by atoms with van der Waals surface area (Å²) in [6.45, 7) is 6.78. The number of likely N-dealkylation sites (N-methyl/N-ethyl adjacent to an activating group) is 1. The molecule has 1 amide bonds. The van der Waals surface area contributed by atoms with Crippen molar-refractivity contribution in [1.29, 1.82) is 0 Å². The first-order chi connectivity index (χ1) is 10.5. The summed E-state index contributed by atoms with van der Waals surface area (Å²) in [5.74, 6) is 0.0269. The van der Waals surface area contributed by atoms with Gasteiger partial charge in [0.25, 0.3) is 0 Å². The number of nitrogens with zero attached hydrogens (tertiary/aromatic N) is 2. The molecular formula is C17H23N3OS. The van der Waals surface area contributed by atoms with Crippen LogP contribution in [-0.2, 0) is 11.2 Å². The molecule has 0 bridgehead atoms. The van der Waals surface area contributed by atoms with Crippen LogP contribution in [0, 0.1) is 13.8 Å². The van der Waals surface area contributed by atoms with E-state index >= 15 is 0 Å². The summed E-state index contributed by atoms with van der Waals surface area (Å²) in [7, 11) is 1.97.